The van der Waals surface area contributed by atoms with Gasteiger partial charge in [0.2, 0.25) is 0 Å². The van der Waals surface area contributed by atoms with Crippen LogP contribution in [0.25, 0.3) is 0 Å². The van der Waals surface area contributed by atoms with Crippen molar-refractivity contribution in [1.29, 1.82) is 0 Å². The highest BCUT2D eigenvalue weighted by Gasteiger charge is 2.16. The highest BCUT2D eigenvalue weighted by molar-refractivity contribution is 7.09. The molecule has 1 N–H and O–H groups in total. The second-order valence-electron chi connectivity index (χ2n) is 9.81. The van der Waals surface area contributed by atoms with Crippen molar-refractivity contribution in [3.63, 3.8) is 0 Å². The van der Waals surface area contributed by atoms with Gasteiger partial charge in [-0.05, 0) is 40.7 Å². The third-order valence-corrected chi connectivity index (χ3v) is 6.59. The van der Waals surface area contributed by atoms with Gasteiger partial charge in [-0.15, -0.1) is 11.3 Å². The summed E-state index contributed by atoms with van der Waals surface area (Å²) in [7, 11) is 0. The molecule has 0 radical (unpaired) electrons. The molecule has 2 aromatic carbocycles. The van der Waals surface area contributed by atoms with Crippen molar-refractivity contribution in [2.24, 2.45) is 0 Å². The molecule has 4 nitrogen and oxygen atoms in total. The molecule has 0 saturated heterocycles. The number of rotatable bonds is 11. The molecule has 0 atom stereocenters. The van der Waals surface area contributed by atoms with Crippen molar-refractivity contribution in [2.45, 2.75) is 72.0 Å². The number of benzene rings is 2. The molecule has 0 fully saturated rings. The van der Waals surface area contributed by atoms with E-state index in [1.807, 2.05) is 17.5 Å². The summed E-state index contributed by atoms with van der Waals surface area (Å²) in [5.41, 5.74) is 4.14. The summed E-state index contributed by atoms with van der Waals surface area (Å²) in [4.78, 5) is 19.3. The molecule has 1 aromatic heterocycles. The van der Waals surface area contributed by atoms with Crippen LogP contribution in [0.15, 0.2) is 53.9 Å². The summed E-state index contributed by atoms with van der Waals surface area (Å²) in [6, 6.07) is 15.4. The average molecular weight is 482 g/mol. The summed E-state index contributed by atoms with van der Waals surface area (Å²) in [6.07, 6.45) is 3.22. The fourth-order valence-electron chi connectivity index (χ4n) is 3.73. The fourth-order valence-corrected chi connectivity index (χ4v) is 4.55. The normalized spacial score (nSPS) is 11.7. The van der Waals surface area contributed by atoms with E-state index in [9.17, 15) is 9.18 Å². The predicted molar refractivity (Wildman–Crippen MR) is 138 cm³/mol. The van der Waals surface area contributed by atoms with Crippen LogP contribution in [0.3, 0.4) is 0 Å². The third-order valence-electron chi connectivity index (χ3n) is 5.75. The molecule has 0 saturated carbocycles. The Morgan fingerprint density at radius 3 is 2.18 bits per heavy atom. The number of hydrogen-bond acceptors (Lipinski definition) is 4. The van der Waals surface area contributed by atoms with E-state index in [4.69, 9.17) is 0 Å². The predicted octanol–water partition coefficient (Wildman–Crippen LogP) is 6.70. The van der Waals surface area contributed by atoms with Crippen LogP contribution in [0.4, 0.5) is 4.39 Å². The Morgan fingerprint density at radius 1 is 0.971 bits per heavy atom. The van der Waals surface area contributed by atoms with Gasteiger partial charge in [0.1, 0.15) is 16.5 Å². The number of nitrogens with zero attached hydrogens (tertiary/aromatic N) is 2. The Labute approximate surface area is 207 Å². The van der Waals surface area contributed by atoms with Crippen LogP contribution < -0.4 is 5.32 Å². The van der Waals surface area contributed by atoms with Crippen molar-refractivity contribution >= 4 is 17.2 Å². The summed E-state index contributed by atoms with van der Waals surface area (Å²) in [6.45, 7) is 11.5. The van der Waals surface area contributed by atoms with E-state index in [1.54, 1.807) is 0 Å². The summed E-state index contributed by atoms with van der Waals surface area (Å²) in [5, 5.41) is 5.69. The van der Waals surface area contributed by atoms with Crippen LogP contribution in [0, 0.1) is 5.82 Å². The zero-order chi connectivity index (χ0) is 24.6. The standard InChI is InChI=1S/C28H36FN3OS/c1-5-6-7-16-30-27(33)25-20-34-26(31-25)19-32(18-22-10-14-24(29)15-11-22)17-21-8-12-23(13-9-21)28(2,3)4/h8-15,20H,5-7,16-19H2,1-4H3,(H,30,33). The number of hydrogen-bond donors (Lipinski definition) is 1. The maximum Gasteiger partial charge on any atom is 0.270 e. The highest BCUT2D eigenvalue weighted by Crippen LogP contribution is 2.23. The Kier molecular flexibility index (Phi) is 9.36. The van der Waals surface area contributed by atoms with Gasteiger partial charge >= 0.3 is 0 Å². The molecule has 0 aliphatic rings. The first-order valence-corrected chi connectivity index (χ1v) is 12.9. The molecular weight excluding hydrogens is 445 g/mol. The SMILES string of the molecule is CCCCCNC(=O)c1csc(CN(Cc2ccc(F)cc2)Cc2ccc(C(C)(C)C)cc2)n1. The molecule has 1 heterocycles. The summed E-state index contributed by atoms with van der Waals surface area (Å²) < 4.78 is 13.4. The minimum absolute atomic E-state index is 0.110. The van der Waals surface area contributed by atoms with Gasteiger partial charge in [0.15, 0.2) is 0 Å². The molecule has 1 amide bonds. The minimum atomic E-state index is -0.234. The Balaban J connectivity index is 1.70. The van der Waals surface area contributed by atoms with Gasteiger partial charge in [0.05, 0.1) is 6.54 Å². The first kappa shape index (κ1) is 26.0. The van der Waals surface area contributed by atoms with E-state index in [-0.39, 0.29) is 17.1 Å². The van der Waals surface area contributed by atoms with E-state index in [2.05, 4.69) is 67.2 Å². The molecule has 3 rings (SSSR count). The average Bonchev–Trinajstić information content (AvgIpc) is 3.26. The molecule has 182 valence electrons. The van der Waals surface area contributed by atoms with Crippen LogP contribution in [-0.2, 0) is 25.0 Å². The Hall–Kier alpha value is -2.57. The molecule has 0 bridgehead atoms. The number of nitrogens with one attached hydrogen (secondary N) is 1. The zero-order valence-corrected chi connectivity index (χ0v) is 21.6. The third kappa shape index (κ3) is 8.03. The van der Waals surface area contributed by atoms with Crippen molar-refractivity contribution in [3.05, 3.63) is 87.1 Å². The Bertz CT molecular complexity index is 1040. The smallest absolute Gasteiger partial charge is 0.270 e. The summed E-state index contributed by atoms with van der Waals surface area (Å²) in [5.74, 6) is -0.343. The number of carbonyl (C=O) groups excluding carboxylic acids is 1. The molecule has 6 heteroatoms. The second kappa shape index (κ2) is 12.2. The lowest BCUT2D eigenvalue weighted by Crippen LogP contribution is -2.25. The van der Waals surface area contributed by atoms with Gasteiger partial charge in [0.25, 0.3) is 5.91 Å². The maximum absolute atomic E-state index is 13.4. The van der Waals surface area contributed by atoms with E-state index >= 15 is 0 Å². The molecule has 0 aliphatic carbocycles. The number of aromatic nitrogens is 1. The van der Waals surface area contributed by atoms with Crippen LogP contribution >= 0.6 is 11.3 Å². The minimum Gasteiger partial charge on any atom is -0.351 e. The van der Waals surface area contributed by atoms with Crippen molar-refractivity contribution < 1.29 is 9.18 Å². The van der Waals surface area contributed by atoms with Crippen LogP contribution in [0.5, 0.6) is 0 Å². The van der Waals surface area contributed by atoms with Crippen molar-refractivity contribution in [2.75, 3.05) is 6.54 Å². The van der Waals surface area contributed by atoms with Crippen LogP contribution in [0.2, 0.25) is 0 Å². The number of carbonyl (C=O) groups is 1. The molecular formula is C28H36FN3OS. The summed E-state index contributed by atoms with van der Waals surface area (Å²) >= 11 is 1.51. The van der Waals surface area contributed by atoms with Gasteiger partial charge in [-0.3, -0.25) is 9.69 Å². The monoisotopic (exact) mass is 481 g/mol. The molecule has 34 heavy (non-hydrogen) atoms. The van der Waals surface area contributed by atoms with Gasteiger partial charge < -0.3 is 5.32 Å². The quantitative estimate of drug-likeness (QED) is 0.310. The van der Waals surface area contributed by atoms with Gasteiger partial charge in [-0.1, -0.05) is 76.9 Å². The van der Waals surface area contributed by atoms with Gasteiger partial charge in [-0.25, -0.2) is 9.37 Å². The zero-order valence-electron chi connectivity index (χ0n) is 20.7. The first-order chi connectivity index (χ1) is 16.2. The highest BCUT2D eigenvalue weighted by atomic mass is 32.1. The van der Waals surface area contributed by atoms with E-state index in [0.29, 0.717) is 25.3 Å². The number of halogens is 1. The maximum atomic E-state index is 13.4. The van der Waals surface area contributed by atoms with E-state index in [0.717, 1.165) is 36.4 Å². The molecule has 3 aromatic rings. The van der Waals surface area contributed by atoms with Crippen molar-refractivity contribution in [3.8, 4) is 0 Å². The fraction of sp³-hybridized carbons (Fsp3) is 0.429. The number of unbranched alkanes of at least 4 members (excludes halogenated alkanes) is 2. The van der Waals surface area contributed by atoms with E-state index < -0.39 is 0 Å². The second-order valence-corrected chi connectivity index (χ2v) is 10.8. The molecule has 0 unspecified atom stereocenters. The molecule has 0 spiro atoms. The van der Waals surface area contributed by atoms with Gasteiger partial charge in [-0.2, -0.15) is 0 Å². The number of amides is 1. The van der Waals surface area contributed by atoms with Crippen LogP contribution in [0.1, 0.15) is 79.1 Å². The topological polar surface area (TPSA) is 45.2 Å². The lowest BCUT2D eigenvalue weighted by atomic mass is 9.87. The van der Waals surface area contributed by atoms with Gasteiger partial charge in [0, 0.05) is 25.0 Å². The van der Waals surface area contributed by atoms with Crippen molar-refractivity contribution in [1.82, 2.24) is 15.2 Å². The lowest BCUT2D eigenvalue weighted by molar-refractivity contribution is 0.0948. The largest absolute Gasteiger partial charge is 0.351 e. The lowest BCUT2D eigenvalue weighted by Gasteiger charge is -2.23. The van der Waals surface area contributed by atoms with Crippen LogP contribution in [-0.4, -0.2) is 22.3 Å². The van der Waals surface area contributed by atoms with E-state index in [1.165, 1.54) is 34.6 Å². The first-order valence-electron chi connectivity index (χ1n) is 12.0. The molecule has 0 aliphatic heterocycles. The Morgan fingerprint density at radius 2 is 1.59 bits per heavy atom. The number of thiazole rings is 1.